The fraction of sp³-hybridized carbons (Fsp3) is 0.591. The van der Waals surface area contributed by atoms with Crippen LogP contribution in [0.15, 0.2) is 24.3 Å². The van der Waals surface area contributed by atoms with Gasteiger partial charge < -0.3 is 20.9 Å². The third-order valence-corrected chi connectivity index (χ3v) is 5.96. The molecule has 3 N–H and O–H groups in total. The molecule has 0 radical (unpaired) electrons. The van der Waals surface area contributed by atoms with E-state index in [2.05, 4.69) is 15.1 Å². The molecule has 0 spiro atoms. The Hall–Kier alpha value is -2.41. The highest BCUT2D eigenvalue weighted by atomic mass is 16.2. The van der Waals surface area contributed by atoms with Gasteiger partial charge in [-0.1, -0.05) is 12.8 Å². The molecule has 2 saturated heterocycles. The predicted molar refractivity (Wildman–Crippen MR) is 112 cm³/mol. The van der Waals surface area contributed by atoms with Crippen molar-refractivity contribution in [2.75, 3.05) is 38.0 Å². The highest BCUT2D eigenvalue weighted by Gasteiger charge is 2.28. The van der Waals surface area contributed by atoms with Gasteiger partial charge in [0.05, 0.1) is 0 Å². The number of hydrogen-bond donors (Lipinski definition) is 2. The zero-order valence-corrected chi connectivity index (χ0v) is 17.1. The number of primary amides is 1. The van der Waals surface area contributed by atoms with E-state index in [-0.39, 0.29) is 11.8 Å². The zero-order chi connectivity index (χ0) is 20.6. The number of rotatable bonds is 6. The second-order valence-corrected chi connectivity index (χ2v) is 8.10. The number of nitrogens with two attached hydrogens (primary N) is 1. The number of nitrogens with one attached hydrogen (secondary N) is 1. The topological polar surface area (TPSA) is 95.7 Å². The van der Waals surface area contributed by atoms with E-state index in [0.717, 1.165) is 51.9 Å². The van der Waals surface area contributed by atoms with Crippen molar-refractivity contribution >= 4 is 23.4 Å². The molecule has 2 aliphatic rings. The first-order chi connectivity index (χ1) is 14.0. The standard InChI is InChI=1S/C22H32N4O3/c23-21(28)17-5-7-19(8-6-17)24-20(27)11-16-25-14-9-18(10-15-25)22(29)26-12-3-1-2-4-13-26/h5-8,18H,1-4,9-16H2,(H2,23,28)(H,24,27). The fourth-order valence-electron chi connectivity index (χ4n) is 4.15. The van der Waals surface area contributed by atoms with Gasteiger partial charge >= 0.3 is 0 Å². The third kappa shape index (κ3) is 6.29. The SMILES string of the molecule is NC(=O)c1ccc(NC(=O)CCN2CCC(C(=O)N3CCCCCC3)CC2)cc1. The second kappa shape index (κ2) is 10.4. The normalized spacial score (nSPS) is 18.8. The van der Waals surface area contributed by atoms with Crippen LogP contribution in [0.5, 0.6) is 0 Å². The Morgan fingerprint density at radius 3 is 2.14 bits per heavy atom. The van der Waals surface area contributed by atoms with Crippen LogP contribution in [-0.4, -0.2) is 60.2 Å². The van der Waals surface area contributed by atoms with E-state index >= 15 is 0 Å². The van der Waals surface area contributed by atoms with Crippen LogP contribution in [0.25, 0.3) is 0 Å². The molecule has 1 aromatic carbocycles. The van der Waals surface area contributed by atoms with Gasteiger partial charge in [0, 0.05) is 43.2 Å². The molecule has 0 unspecified atom stereocenters. The number of nitrogens with zero attached hydrogens (tertiary/aromatic N) is 2. The van der Waals surface area contributed by atoms with Gasteiger partial charge in [-0.3, -0.25) is 14.4 Å². The molecule has 2 heterocycles. The Kier molecular flexibility index (Phi) is 7.63. The molecule has 2 fully saturated rings. The summed E-state index contributed by atoms with van der Waals surface area (Å²) in [6.07, 6.45) is 6.90. The zero-order valence-electron chi connectivity index (χ0n) is 17.1. The molecule has 7 nitrogen and oxygen atoms in total. The Balaban J connectivity index is 1.37. The van der Waals surface area contributed by atoms with Crippen molar-refractivity contribution in [3.63, 3.8) is 0 Å². The molecule has 0 atom stereocenters. The van der Waals surface area contributed by atoms with E-state index in [9.17, 15) is 14.4 Å². The summed E-state index contributed by atoms with van der Waals surface area (Å²) in [5.41, 5.74) is 6.29. The summed E-state index contributed by atoms with van der Waals surface area (Å²) in [7, 11) is 0. The van der Waals surface area contributed by atoms with Gasteiger partial charge in [-0.2, -0.15) is 0 Å². The number of anilines is 1. The van der Waals surface area contributed by atoms with Crippen LogP contribution in [0, 0.1) is 5.92 Å². The molecule has 0 aliphatic carbocycles. The van der Waals surface area contributed by atoms with E-state index in [0.29, 0.717) is 30.1 Å². The number of likely N-dealkylation sites (tertiary alicyclic amines) is 2. The molecule has 3 rings (SSSR count). The maximum absolute atomic E-state index is 12.8. The van der Waals surface area contributed by atoms with E-state index in [1.54, 1.807) is 24.3 Å². The summed E-state index contributed by atoms with van der Waals surface area (Å²) in [4.78, 5) is 40.4. The highest BCUT2D eigenvalue weighted by Crippen LogP contribution is 2.22. The average Bonchev–Trinajstić information content (AvgIpc) is 3.02. The molecule has 158 valence electrons. The van der Waals surface area contributed by atoms with E-state index < -0.39 is 5.91 Å². The number of hydrogen-bond acceptors (Lipinski definition) is 4. The number of carbonyl (C=O) groups excluding carboxylic acids is 3. The lowest BCUT2D eigenvalue weighted by atomic mass is 9.95. The van der Waals surface area contributed by atoms with Gasteiger partial charge in [0.1, 0.15) is 0 Å². The molecule has 1 aromatic rings. The van der Waals surface area contributed by atoms with E-state index in [1.165, 1.54) is 12.8 Å². The van der Waals surface area contributed by atoms with Crippen molar-refractivity contribution in [1.29, 1.82) is 0 Å². The van der Waals surface area contributed by atoms with Crippen molar-refractivity contribution in [3.05, 3.63) is 29.8 Å². The number of benzene rings is 1. The monoisotopic (exact) mass is 400 g/mol. The summed E-state index contributed by atoms with van der Waals surface area (Å²) < 4.78 is 0. The van der Waals surface area contributed by atoms with Crippen LogP contribution in [0.4, 0.5) is 5.69 Å². The maximum Gasteiger partial charge on any atom is 0.248 e. The van der Waals surface area contributed by atoms with Gasteiger partial charge in [-0.15, -0.1) is 0 Å². The first-order valence-corrected chi connectivity index (χ1v) is 10.7. The van der Waals surface area contributed by atoms with Crippen LogP contribution in [-0.2, 0) is 9.59 Å². The van der Waals surface area contributed by atoms with Crippen LogP contribution in [0.1, 0.15) is 55.3 Å². The number of carbonyl (C=O) groups is 3. The molecule has 0 aromatic heterocycles. The van der Waals surface area contributed by atoms with Crippen LogP contribution in [0.2, 0.25) is 0 Å². The third-order valence-electron chi connectivity index (χ3n) is 5.96. The van der Waals surface area contributed by atoms with Gasteiger partial charge in [-0.05, 0) is 63.0 Å². The predicted octanol–water partition coefficient (Wildman–Crippen LogP) is 2.23. The van der Waals surface area contributed by atoms with Crippen molar-refractivity contribution < 1.29 is 14.4 Å². The van der Waals surface area contributed by atoms with Crippen LogP contribution >= 0.6 is 0 Å². The minimum absolute atomic E-state index is 0.0559. The molecule has 7 heteroatoms. The summed E-state index contributed by atoms with van der Waals surface area (Å²) in [6.45, 7) is 4.25. The van der Waals surface area contributed by atoms with Gasteiger partial charge in [-0.25, -0.2) is 0 Å². The first-order valence-electron chi connectivity index (χ1n) is 10.7. The van der Waals surface area contributed by atoms with Gasteiger partial charge in [0.25, 0.3) is 0 Å². The van der Waals surface area contributed by atoms with Crippen LogP contribution < -0.4 is 11.1 Å². The Bertz CT molecular complexity index is 703. The lowest BCUT2D eigenvalue weighted by Crippen LogP contribution is -2.43. The van der Waals surface area contributed by atoms with E-state index in [4.69, 9.17) is 5.73 Å². The van der Waals surface area contributed by atoms with Crippen molar-refractivity contribution in [3.8, 4) is 0 Å². The molecule has 2 aliphatic heterocycles. The summed E-state index contributed by atoms with van der Waals surface area (Å²) in [6, 6.07) is 6.56. The quantitative estimate of drug-likeness (QED) is 0.765. The largest absolute Gasteiger partial charge is 0.366 e. The Labute approximate surface area is 172 Å². The Morgan fingerprint density at radius 2 is 1.55 bits per heavy atom. The van der Waals surface area contributed by atoms with Crippen molar-refractivity contribution in [2.24, 2.45) is 11.7 Å². The van der Waals surface area contributed by atoms with Crippen molar-refractivity contribution in [2.45, 2.75) is 44.9 Å². The first kappa shape index (κ1) is 21.3. The smallest absolute Gasteiger partial charge is 0.248 e. The molecule has 29 heavy (non-hydrogen) atoms. The second-order valence-electron chi connectivity index (χ2n) is 8.10. The minimum Gasteiger partial charge on any atom is -0.366 e. The average molecular weight is 401 g/mol. The van der Waals surface area contributed by atoms with Crippen LogP contribution in [0.3, 0.4) is 0 Å². The van der Waals surface area contributed by atoms with Gasteiger partial charge in [0.15, 0.2) is 0 Å². The van der Waals surface area contributed by atoms with Gasteiger partial charge in [0.2, 0.25) is 17.7 Å². The summed E-state index contributed by atoms with van der Waals surface area (Å²) in [5.74, 6) is -0.0640. The molecule has 3 amide bonds. The summed E-state index contributed by atoms with van der Waals surface area (Å²) >= 11 is 0. The van der Waals surface area contributed by atoms with E-state index in [1.807, 2.05) is 0 Å². The molecule has 0 bridgehead atoms. The Morgan fingerprint density at radius 1 is 0.931 bits per heavy atom. The highest BCUT2D eigenvalue weighted by molar-refractivity contribution is 5.94. The fourth-order valence-corrected chi connectivity index (χ4v) is 4.15. The lowest BCUT2D eigenvalue weighted by molar-refractivity contribution is -0.137. The molecular weight excluding hydrogens is 368 g/mol. The number of piperidine rings is 1. The maximum atomic E-state index is 12.8. The minimum atomic E-state index is -0.486. The lowest BCUT2D eigenvalue weighted by Gasteiger charge is -2.33. The number of amides is 3. The molecule has 0 saturated carbocycles. The molecular formula is C22H32N4O3. The van der Waals surface area contributed by atoms with Crippen molar-refractivity contribution in [1.82, 2.24) is 9.80 Å². The summed E-state index contributed by atoms with van der Waals surface area (Å²) in [5, 5.41) is 2.85.